The zero-order valence-corrected chi connectivity index (χ0v) is 12.2. The van der Waals surface area contributed by atoms with Gasteiger partial charge < -0.3 is 14.6 Å². The van der Waals surface area contributed by atoms with Crippen LogP contribution in [0.1, 0.15) is 45.4 Å². The summed E-state index contributed by atoms with van der Waals surface area (Å²) >= 11 is 0. The Morgan fingerprint density at radius 1 is 1.25 bits per heavy atom. The van der Waals surface area contributed by atoms with Crippen LogP contribution in [0, 0.1) is 0 Å². The molecule has 4 nitrogen and oxygen atoms in total. The average Bonchev–Trinajstić information content (AvgIpc) is 3.10. The lowest BCUT2D eigenvalue weighted by atomic mass is 10.3. The molecule has 0 saturated heterocycles. The van der Waals surface area contributed by atoms with Gasteiger partial charge in [-0.15, -0.1) is 0 Å². The Balaban J connectivity index is 0.000000206. The van der Waals surface area contributed by atoms with E-state index in [1.54, 1.807) is 6.92 Å². The minimum atomic E-state index is -0.455. The Morgan fingerprint density at radius 3 is 2.15 bits per heavy atom. The van der Waals surface area contributed by atoms with E-state index >= 15 is 0 Å². The number of aliphatic hydroxyl groups excluding tert-OH is 1. The predicted octanol–water partition coefficient (Wildman–Crippen LogP) is 3.24. The molecule has 0 aromatic rings. The molecule has 20 heavy (non-hydrogen) atoms. The van der Waals surface area contributed by atoms with Crippen LogP contribution in [0.4, 0.5) is 0 Å². The molecule has 112 valence electrons. The maximum atomic E-state index is 10.5. The maximum Gasteiger partial charge on any atom is 0.333 e. The van der Waals surface area contributed by atoms with Crippen LogP contribution in [0.15, 0.2) is 35.8 Å². The molecule has 2 aliphatic carbocycles. The number of hydrogen-bond donors (Lipinski definition) is 1. The summed E-state index contributed by atoms with van der Waals surface area (Å²) in [6, 6.07) is 0. The van der Waals surface area contributed by atoms with Gasteiger partial charge in [0.1, 0.15) is 6.61 Å². The lowest BCUT2D eigenvalue weighted by Gasteiger charge is -2.05. The molecular weight excluding hydrogens is 256 g/mol. The summed E-state index contributed by atoms with van der Waals surface area (Å²) < 4.78 is 10.2. The fraction of sp³-hybridized carbons (Fsp3) is 0.562. The van der Waals surface area contributed by atoms with Gasteiger partial charge in [0.05, 0.1) is 18.1 Å². The first-order valence-electron chi connectivity index (χ1n) is 7.13. The van der Waals surface area contributed by atoms with Gasteiger partial charge in [-0.3, -0.25) is 0 Å². The van der Waals surface area contributed by atoms with Crippen LogP contribution in [0.5, 0.6) is 0 Å². The topological polar surface area (TPSA) is 55.8 Å². The molecule has 0 unspecified atom stereocenters. The summed E-state index contributed by atoms with van der Waals surface area (Å²) in [7, 11) is 0. The third kappa shape index (κ3) is 6.57. The van der Waals surface area contributed by atoms with Gasteiger partial charge in [0, 0.05) is 18.4 Å². The molecule has 0 aliphatic heterocycles. The Kier molecular flexibility index (Phi) is 7.73. The SMILES string of the molecule is C1=C(OC2=CCCC2)CCC1.C=C(C)C(=O)OCCO. The molecule has 1 N–H and O–H groups in total. The van der Waals surface area contributed by atoms with Gasteiger partial charge in [-0.1, -0.05) is 6.58 Å². The van der Waals surface area contributed by atoms with E-state index in [9.17, 15) is 4.79 Å². The van der Waals surface area contributed by atoms with E-state index in [1.165, 1.54) is 37.2 Å². The first-order valence-corrected chi connectivity index (χ1v) is 7.13. The van der Waals surface area contributed by atoms with Crippen molar-refractivity contribution >= 4 is 5.97 Å². The monoisotopic (exact) mass is 280 g/mol. The fourth-order valence-electron chi connectivity index (χ4n) is 1.90. The average molecular weight is 280 g/mol. The molecular formula is C16H24O4. The van der Waals surface area contributed by atoms with Crippen LogP contribution in [0.3, 0.4) is 0 Å². The lowest BCUT2D eigenvalue weighted by Crippen LogP contribution is -2.08. The summed E-state index contributed by atoms with van der Waals surface area (Å²) in [5.41, 5.74) is 0.350. The molecule has 0 radical (unpaired) electrons. The van der Waals surface area contributed by atoms with E-state index in [1.807, 2.05) is 0 Å². The van der Waals surface area contributed by atoms with Crippen molar-refractivity contribution in [1.82, 2.24) is 0 Å². The molecule has 0 amide bonds. The summed E-state index contributed by atoms with van der Waals surface area (Å²) in [5, 5.41) is 8.19. The summed E-state index contributed by atoms with van der Waals surface area (Å²) in [4.78, 5) is 10.5. The highest BCUT2D eigenvalue weighted by Crippen LogP contribution is 2.26. The van der Waals surface area contributed by atoms with Crippen molar-refractivity contribution in [3.8, 4) is 0 Å². The summed E-state index contributed by atoms with van der Waals surface area (Å²) in [6.45, 7) is 4.81. The van der Waals surface area contributed by atoms with E-state index in [0.717, 1.165) is 12.8 Å². The van der Waals surface area contributed by atoms with Crippen LogP contribution >= 0.6 is 0 Å². The Bertz CT molecular complexity index is 371. The highest BCUT2D eigenvalue weighted by atomic mass is 16.5. The van der Waals surface area contributed by atoms with Crippen LogP contribution < -0.4 is 0 Å². The standard InChI is InChI=1S/C10H14O.C6H10O3/c1-2-6-9(5-1)11-10-7-3-4-8-10;1-5(2)6(8)9-4-3-7/h5,7H,1-4,6,8H2;7H,1,3-4H2,2H3. The second kappa shape index (κ2) is 9.37. The number of aliphatic hydroxyl groups is 1. The highest BCUT2D eigenvalue weighted by Gasteiger charge is 2.10. The van der Waals surface area contributed by atoms with Crippen molar-refractivity contribution < 1.29 is 19.4 Å². The van der Waals surface area contributed by atoms with Gasteiger partial charge >= 0.3 is 5.97 Å². The molecule has 4 heteroatoms. The molecule has 0 heterocycles. The van der Waals surface area contributed by atoms with Gasteiger partial charge in [0.15, 0.2) is 0 Å². The molecule has 0 fully saturated rings. The number of hydrogen-bond acceptors (Lipinski definition) is 4. The quantitative estimate of drug-likeness (QED) is 0.620. The largest absolute Gasteiger partial charge is 0.467 e. The number of rotatable bonds is 5. The third-order valence-corrected chi connectivity index (χ3v) is 2.93. The van der Waals surface area contributed by atoms with Crippen molar-refractivity contribution in [2.75, 3.05) is 13.2 Å². The molecule has 2 aliphatic rings. The van der Waals surface area contributed by atoms with Crippen LogP contribution in [0.25, 0.3) is 0 Å². The normalized spacial score (nSPS) is 16.7. The van der Waals surface area contributed by atoms with Crippen molar-refractivity contribution in [1.29, 1.82) is 0 Å². The van der Waals surface area contributed by atoms with Crippen molar-refractivity contribution in [3.63, 3.8) is 0 Å². The van der Waals surface area contributed by atoms with E-state index in [2.05, 4.69) is 23.5 Å². The fourth-order valence-corrected chi connectivity index (χ4v) is 1.90. The van der Waals surface area contributed by atoms with Crippen LogP contribution in [-0.4, -0.2) is 24.3 Å². The zero-order chi connectivity index (χ0) is 14.8. The van der Waals surface area contributed by atoms with Crippen LogP contribution in [0.2, 0.25) is 0 Å². The summed E-state index contributed by atoms with van der Waals surface area (Å²) in [6.07, 6.45) is 11.7. The highest BCUT2D eigenvalue weighted by molar-refractivity contribution is 5.86. The van der Waals surface area contributed by atoms with Crippen molar-refractivity contribution in [3.05, 3.63) is 35.8 Å². The van der Waals surface area contributed by atoms with Gasteiger partial charge in [-0.25, -0.2) is 4.79 Å². The second-order valence-electron chi connectivity index (χ2n) is 4.87. The smallest absolute Gasteiger partial charge is 0.333 e. The number of carbonyl (C=O) groups is 1. The van der Waals surface area contributed by atoms with Crippen molar-refractivity contribution in [2.24, 2.45) is 0 Å². The second-order valence-corrected chi connectivity index (χ2v) is 4.87. The molecule has 0 saturated carbocycles. The zero-order valence-electron chi connectivity index (χ0n) is 12.2. The predicted molar refractivity (Wildman–Crippen MR) is 77.8 cm³/mol. The first kappa shape index (κ1) is 16.5. The van der Waals surface area contributed by atoms with Gasteiger partial charge in [-0.2, -0.15) is 0 Å². The maximum absolute atomic E-state index is 10.5. The Labute approximate surface area is 120 Å². The minimum Gasteiger partial charge on any atom is -0.467 e. The lowest BCUT2D eigenvalue weighted by molar-refractivity contribution is -0.139. The molecule has 2 rings (SSSR count). The number of carbonyl (C=O) groups excluding carboxylic acids is 1. The van der Waals surface area contributed by atoms with Gasteiger partial charge in [0.2, 0.25) is 0 Å². The number of ether oxygens (including phenoxy) is 2. The Hall–Kier alpha value is -1.55. The molecule has 0 bridgehead atoms. The molecule has 0 aromatic heterocycles. The molecule has 0 spiro atoms. The van der Waals surface area contributed by atoms with Crippen LogP contribution in [-0.2, 0) is 14.3 Å². The van der Waals surface area contributed by atoms with E-state index in [4.69, 9.17) is 9.84 Å². The van der Waals surface area contributed by atoms with E-state index in [-0.39, 0.29) is 13.2 Å². The van der Waals surface area contributed by atoms with E-state index in [0.29, 0.717) is 5.57 Å². The Morgan fingerprint density at radius 2 is 1.80 bits per heavy atom. The third-order valence-electron chi connectivity index (χ3n) is 2.93. The number of esters is 1. The van der Waals surface area contributed by atoms with Gasteiger partial charge in [-0.05, 0) is 44.8 Å². The summed E-state index contributed by atoms with van der Waals surface area (Å²) in [5.74, 6) is 1.96. The van der Waals surface area contributed by atoms with Gasteiger partial charge in [0.25, 0.3) is 0 Å². The van der Waals surface area contributed by atoms with E-state index < -0.39 is 5.97 Å². The number of allylic oxidation sites excluding steroid dienone is 4. The first-order chi connectivity index (χ1) is 9.63. The molecule has 0 atom stereocenters. The van der Waals surface area contributed by atoms with Crippen molar-refractivity contribution in [2.45, 2.75) is 45.4 Å². The molecule has 0 aromatic carbocycles. The minimum absolute atomic E-state index is 0.0473.